The predicted molar refractivity (Wildman–Crippen MR) is 78.2 cm³/mol. The molecule has 3 N–H and O–H groups in total. The lowest BCUT2D eigenvalue weighted by atomic mass is 9.89. The molecule has 2 aromatic rings. The van der Waals surface area contributed by atoms with Crippen LogP contribution in [0.1, 0.15) is 23.1 Å². The monoisotopic (exact) mass is 273 g/mol. The molecule has 0 aliphatic heterocycles. The van der Waals surface area contributed by atoms with Crippen LogP contribution in [0.2, 0.25) is 5.02 Å². The van der Waals surface area contributed by atoms with E-state index in [9.17, 15) is 5.11 Å². The number of nitrogens with two attached hydrogens (primary N) is 1. The molecule has 3 heteroatoms. The summed E-state index contributed by atoms with van der Waals surface area (Å²) in [4.78, 5) is 0. The van der Waals surface area contributed by atoms with Crippen LogP contribution in [0.25, 0.3) is 0 Å². The highest BCUT2D eigenvalue weighted by atomic mass is 35.5. The van der Waals surface area contributed by atoms with Gasteiger partial charge < -0.3 is 10.8 Å². The zero-order valence-electron chi connectivity index (χ0n) is 10.6. The molecule has 0 bridgehead atoms. The van der Waals surface area contributed by atoms with Crippen molar-refractivity contribution < 1.29 is 5.11 Å². The molecule has 1 aliphatic carbocycles. The second-order valence-electron chi connectivity index (χ2n) is 5.25. The fraction of sp³-hybridized carbons (Fsp3) is 0.250. The van der Waals surface area contributed by atoms with Gasteiger partial charge in [0, 0.05) is 17.1 Å². The van der Waals surface area contributed by atoms with Crippen molar-refractivity contribution in [2.24, 2.45) is 0 Å². The van der Waals surface area contributed by atoms with Crippen LogP contribution in [0, 0.1) is 0 Å². The average Bonchev–Trinajstić information content (AvgIpc) is 2.66. The van der Waals surface area contributed by atoms with Crippen molar-refractivity contribution in [3.05, 3.63) is 64.2 Å². The van der Waals surface area contributed by atoms with Crippen LogP contribution in [0.15, 0.2) is 42.5 Å². The maximum atomic E-state index is 10.9. The Kier molecular flexibility index (Phi) is 3.00. The van der Waals surface area contributed by atoms with Crippen LogP contribution in [0.5, 0.6) is 0 Å². The van der Waals surface area contributed by atoms with E-state index in [1.165, 1.54) is 0 Å². The van der Waals surface area contributed by atoms with Crippen LogP contribution >= 0.6 is 11.6 Å². The molecule has 0 amide bonds. The smallest absolute Gasteiger partial charge is 0.0942 e. The summed E-state index contributed by atoms with van der Waals surface area (Å²) in [6.07, 6.45) is 2.19. The van der Waals surface area contributed by atoms with Crippen molar-refractivity contribution in [1.82, 2.24) is 0 Å². The first-order chi connectivity index (χ1) is 9.07. The number of fused-ring (bicyclic) bond motifs is 1. The van der Waals surface area contributed by atoms with Gasteiger partial charge in [-0.3, -0.25) is 0 Å². The maximum Gasteiger partial charge on any atom is 0.0942 e. The topological polar surface area (TPSA) is 46.2 Å². The number of nitrogen functional groups attached to an aromatic ring is 1. The zero-order valence-corrected chi connectivity index (χ0v) is 11.3. The summed E-state index contributed by atoms with van der Waals surface area (Å²) in [5.41, 5.74) is 8.96. The van der Waals surface area contributed by atoms with Crippen molar-refractivity contribution >= 4 is 17.3 Å². The molecule has 19 heavy (non-hydrogen) atoms. The first-order valence-electron chi connectivity index (χ1n) is 6.42. The van der Waals surface area contributed by atoms with Crippen LogP contribution < -0.4 is 5.73 Å². The normalized spacial score (nSPS) is 21.4. The van der Waals surface area contributed by atoms with Gasteiger partial charge in [-0.05, 0) is 53.8 Å². The number of benzene rings is 2. The number of hydrogen-bond acceptors (Lipinski definition) is 2. The lowest BCUT2D eigenvalue weighted by Gasteiger charge is -2.24. The molecule has 0 saturated carbocycles. The molecule has 0 spiro atoms. The summed E-state index contributed by atoms with van der Waals surface area (Å²) in [6.45, 7) is 0. The molecule has 0 radical (unpaired) electrons. The molecule has 0 heterocycles. The summed E-state index contributed by atoms with van der Waals surface area (Å²) in [5, 5.41) is 11.6. The fourth-order valence-electron chi connectivity index (χ4n) is 2.92. The Morgan fingerprint density at radius 1 is 1.21 bits per heavy atom. The Bertz CT molecular complexity index is 626. The third-order valence-electron chi connectivity index (χ3n) is 3.82. The molecule has 1 unspecified atom stereocenters. The van der Waals surface area contributed by atoms with Gasteiger partial charge in [0.05, 0.1) is 5.60 Å². The Labute approximate surface area is 117 Å². The standard InChI is InChI=1S/C16H16ClNO/c17-13-3-1-2-11(8-13)10-16(19)7-6-12-9-14(18)4-5-15(12)16/h1-5,8-9,19H,6-7,10,18H2. The minimum absolute atomic E-state index is 0.588. The molecule has 3 rings (SSSR count). The molecular formula is C16H16ClNO. The molecule has 0 aromatic heterocycles. The van der Waals surface area contributed by atoms with Gasteiger partial charge >= 0.3 is 0 Å². The van der Waals surface area contributed by atoms with Gasteiger partial charge in [-0.1, -0.05) is 29.8 Å². The molecular weight excluding hydrogens is 258 g/mol. The van der Waals surface area contributed by atoms with Gasteiger partial charge in [0.2, 0.25) is 0 Å². The van der Waals surface area contributed by atoms with E-state index in [-0.39, 0.29) is 0 Å². The van der Waals surface area contributed by atoms with Crippen molar-refractivity contribution in [1.29, 1.82) is 0 Å². The second-order valence-corrected chi connectivity index (χ2v) is 5.69. The fourth-order valence-corrected chi connectivity index (χ4v) is 3.13. The van der Waals surface area contributed by atoms with Crippen LogP contribution in [0.4, 0.5) is 5.69 Å². The lowest BCUT2D eigenvalue weighted by molar-refractivity contribution is 0.0390. The third kappa shape index (κ3) is 2.34. The third-order valence-corrected chi connectivity index (χ3v) is 4.06. The Hall–Kier alpha value is -1.51. The quantitative estimate of drug-likeness (QED) is 0.825. The number of rotatable bonds is 2. The van der Waals surface area contributed by atoms with Crippen LogP contribution in [0.3, 0.4) is 0 Å². The van der Waals surface area contributed by atoms with E-state index in [0.717, 1.165) is 35.2 Å². The highest BCUT2D eigenvalue weighted by Crippen LogP contribution is 2.40. The van der Waals surface area contributed by atoms with Crippen molar-refractivity contribution in [2.75, 3.05) is 5.73 Å². The van der Waals surface area contributed by atoms with E-state index in [1.54, 1.807) is 0 Å². The number of halogens is 1. The predicted octanol–water partition coefficient (Wildman–Crippen LogP) is 3.30. The number of hydrogen-bond donors (Lipinski definition) is 2. The highest BCUT2D eigenvalue weighted by molar-refractivity contribution is 6.30. The van der Waals surface area contributed by atoms with Gasteiger partial charge in [0.1, 0.15) is 0 Å². The van der Waals surface area contributed by atoms with Crippen molar-refractivity contribution in [3.63, 3.8) is 0 Å². The minimum atomic E-state index is -0.798. The van der Waals surface area contributed by atoms with Gasteiger partial charge in [0.25, 0.3) is 0 Å². The molecule has 1 atom stereocenters. The molecule has 98 valence electrons. The lowest BCUT2D eigenvalue weighted by Crippen LogP contribution is -2.25. The molecule has 1 aliphatic rings. The highest BCUT2D eigenvalue weighted by Gasteiger charge is 2.36. The maximum absolute atomic E-state index is 10.9. The Morgan fingerprint density at radius 2 is 2.05 bits per heavy atom. The Balaban J connectivity index is 1.94. The van der Waals surface area contributed by atoms with E-state index >= 15 is 0 Å². The van der Waals surface area contributed by atoms with Crippen LogP contribution in [-0.4, -0.2) is 5.11 Å². The summed E-state index contributed by atoms with van der Waals surface area (Å²) in [7, 11) is 0. The SMILES string of the molecule is Nc1ccc2c(c1)CCC2(O)Cc1cccc(Cl)c1. The van der Waals surface area contributed by atoms with E-state index in [1.807, 2.05) is 42.5 Å². The average molecular weight is 274 g/mol. The number of anilines is 1. The van der Waals surface area contributed by atoms with Gasteiger partial charge in [-0.15, -0.1) is 0 Å². The first kappa shape index (κ1) is 12.5. The summed E-state index contributed by atoms with van der Waals surface area (Å²) in [5.74, 6) is 0. The van der Waals surface area contributed by atoms with Gasteiger partial charge in [-0.2, -0.15) is 0 Å². The van der Waals surface area contributed by atoms with Gasteiger partial charge in [-0.25, -0.2) is 0 Å². The van der Waals surface area contributed by atoms with Crippen molar-refractivity contribution in [2.45, 2.75) is 24.9 Å². The second kappa shape index (κ2) is 4.55. The largest absolute Gasteiger partial charge is 0.399 e. The molecule has 0 saturated heterocycles. The molecule has 2 nitrogen and oxygen atoms in total. The number of aryl methyl sites for hydroxylation is 1. The van der Waals surface area contributed by atoms with Gasteiger partial charge in [0.15, 0.2) is 0 Å². The van der Waals surface area contributed by atoms with E-state index in [0.29, 0.717) is 11.4 Å². The van der Waals surface area contributed by atoms with Crippen molar-refractivity contribution in [3.8, 4) is 0 Å². The van der Waals surface area contributed by atoms with E-state index < -0.39 is 5.60 Å². The first-order valence-corrected chi connectivity index (χ1v) is 6.80. The number of aliphatic hydroxyl groups is 1. The summed E-state index contributed by atoms with van der Waals surface area (Å²) < 4.78 is 0. The summed E-state index contributed by atoms with van der Waals surface area (Å²) in [6, 6.07) is 13.4. The molecule has 0 fully saturated rings. The Morgan fingerprint density at radius 3 is 2.84 bits per heavy atom. The summed E-state index contributed by atoms with van der Waals surface area (Å²) >= 11 is 6.00. The zero-order chi connectivity index (χ0) is 13.5. The minimum Gasteiger partial charge on any atom is -0.399 e. The molecule has 2 aromatic carbocycles. The van der Waals surface area contributed by atoms with Crippen LogP contribution in [-0.2, 0) is 18.4 Å². The van der Waals surface area contributed by atoms with E-state index in [4.69, 9.17) is 17.3 Å². The van der Waals surface area contributed by atoms with E-state index in [2.05, 4.69) is 0 Å².